The molecule has 7 heteroatoms. The van der Waals surface area contributed by atoms with Gasteiger partial charge in [0.1, 0.15) is 0 Å². The van der Waals surface area contributed by atoms with Gasteiger partial charge in [-0.15, -0.1) is 0 Å². The molecule has 0 saturated heterocycles. The lowest BCUT2D eigenvalue weighted by atomic mass is 10.1. The van der Waals surface area contributed by atoms with Crippen LogP contribution in [0.3, 0.4) is 0 Å². The summed E-state index contributed by atoms with van der Waals surface area (Å²) in [7, 11) is 0. The predicted octanol–water partition coefficient (Wildman–Crippen LogP) is 0.807. The van der Waals surface area contributed by atoms with Crippen molar-refractivity contribution in [1.29, 1.82) is 0 Å². The summed E-state index contributed by atoms with van der Waals surface area (Å²) >= 11 is 0. The zero-order valence-electron chi connectivity index (χ0n) is 8.87. The van der Waals surface area contributed by atoms with E-state index in [0.717, 1.165) is 4.57 Å². The second-order valence-corrected chi connectivity index (χ2v) is 3.49. The van der Waals surface area contributed by atoms with Crippen molar-refractivity contribution >= 4 is 0 Å². The summed E-state index contributed by atoms with van der Waals surface area (Å²) in [6.07, 6.45) is -1.56. The molecule has 1 aromatic heterocycles. The van der Waals surface area contributed by atoms with Crippen LogP contribution in [-0.4, -0.2) is 21.9 Å². The number of aromatic nitrogens is 2. The van der Waals surface area contributed by atoms with Crippen molar-refractivity contribution in [1.82, 2.24) is 9.13 Å². The number of rotatable bonds is 4. The van der Waals surface area contributed by atoms with Crippen LogP contribution in [-0.2, 0) is 13.1 Å². The molecular weight excluding hydrogens is 223 g/mol. The van der Waals surface area contributed by atoms with Crippen LogP contribution in [0, 0.1) is 5.92 Å². The summed E-state index contributed by atoms with van der Waals surface area (Å²) in [6.45, 7) is 1.24. The van der Waals surface area contributed by atoms with E-state index in [-0.39, 0.29) is 0 Å². The molecule has 1 aromatic rings. The monoisotopic (exact) mass is 237 g/mol. The highest BCUT2D eigenvalue weighted by molar-refractivity contribution is 4.83. The Morgan fingerprint density at radius 1 is 1.38 bits per heavy atom. The highest BCUT2D eigenvalue weighted by Crippen LogP contribution is 2.26. The maximum atomic E-state index is 12.4. The minimum Gasteiger partial charge on any atom is -0.330 e. The molecule has 1 atom stereocenters. The molecule has 0 aliphatic rings. The topological polar surface area (TPSA) is 52.9 Å². The van der Waals surface area contributed by atoms with Gasteiger partial charge in [-0.1, -0.05) is 0 Å². The lowest BCUT2D eigenvalue weighted by Crippen LogP contribution is -2.36. The number of alkyl halides is 3. The van der Waals surface area contributed by atoms with E-state index in [1.54, 1.807) is 6.92 Å². The number of nitrogens with zero attached hydrogens (tertiary/aromatic N) is 2. The molecule has 0 fully saturated rings. The number of imidazole rings is 1. The molecule has 4 nitrogen and oxygen atoms in total. The lowest BCUT2D eigenvalue weighted by Gasteiger charge is -2.18. The van der Waals surface area contributed by atoms with E-state index in [1.807, 2.05) is 0 Å². The Kier molecular flexibility index (Phi) is 3.79. The average molecular weight is 237 g/mol. The van der Waals surface area contributed by atoms with Crippen LogP contribution in [0.15, 0.2) is 17.2 Å². The van der Waals surface area contributed by atoms with Gasteiger partial charge in [-0.2, -0.15) is 13.2 Å². The minimum absolute atomic E-state index is 0.425. The van der Waals surface area contributed by atoms with Gasteiger partial charge >= 0.3 is 11.9 Å². The molecule has 1 heterocycles. The zero-order chi connectivity index (χ0) is 12.3. The summed E-state index contributed by atoms with van der Waals surface area (Å²) in [4.78, 5) is 11.5. The van der Waals surface area contributed by atoms with Crippen LogP contribution in [0.5, 0.6) is 0 Å². The van der Waals surface area contributed by atoms with Crippen molar-refractivity contribution in [3.63, 3.8) is 0 Å². The first-order valence-electron chi connectivity index (χ1n) is 4.92. The second-order valence-electron chi connectivity index (χ2n) is 3.49. The first kappa shape index (κ1) is 12.8. The highest BCUT2D eigenvalue weighted by atomic mass is 19.4. The zero-order valence-corrected chi connectivity index (χ0v) is 8.87. The van der Waals surface area contributed by atoms with Gasteiger partial charge in [-0.05, 0) is 6.92 Å². The maximum absolute atomic E-state index is 12.4. The minimum atomic E-state index is -4.37. The fourth-order valence-electron chi connectivity index (χ4n) is 1.38. The molecule has 0 aromatic carbocycles. The number of hydrogen-bond donors (Lipinski definition) is 1. The van der Waals surface area contributed by atoms with Crippen LogP contribution < -0.4 is 11.4 Å². The predicted molar refractivity (Wildman–Crippen MR) is 53.0 cm³/mol. The second kappa shape index (κ2) is 4.73. The molecule has 16 heavy (non-hydrogen) atoms. The Morgan fingerprint density at radius 3 is 2.31 bits per heavy atom. The van der Waals surface area contributed by atoms with E-state index in [0.29, 0.717) is 6.54 Å². The molecule has 0 radical (unpaired) electrons. The van der Waals surface area contributed by atoms with Gasteiger partial charge in [0.05, 0.1) is 5.92 Å². The number of aryl methyl sites for hydroxylation is 1. The number of hydrogen-bond acceptors (Lipinski definition) is 2. The quantitative estimate of drug-likeness (QED) is 0.842. The van der Waals surface area contributed by atoms with Gasteiger partial charge in [0.25, 0.3) is 0 Å². The Bertz CT molecular complexity index is 393. The molecule has 92 valence electrons. The molecule has 0 bridgehead atoms. The smallest absolute Gasteiger partial charge is 0.330 e. The summed E-state index contributed by atoms with van der Waals surface area (Å²) in [5.74, 6) is -1.68. The van der Waals surface area contributed by atoms with Crippen molar-refractivity contribution in [3.05, 3.63) is 22.9 Å². The fraction of sp³-hybridized carbons (Fsp3) is 0.667. The summed E-state index contributed by atoms with van der Waals surface area (Å²) in [5, 5.41) is 0. The van der Waals surface area contributed by atoms with Gasteiger partial charge in [0, 0.05) is 32.0 Å². The fourth-order valence-corrected chi connectivity index (χ4v) is 1.38. The molecule has 2 N–H and O–H groups in total. The third kappa shape index (κ3) is 2.66. The molecule has 0 spiro atoms. The van der Waals surface area contributed by atoms with Crippen LogP contribution in [0.25, 0.3) is 0 Å². The van der Waals surface area contributed by atoms with Crippen molar-refractivity contribution in [2.75, 3.05) is 6.54 Å². The highest BCUT2D eigenvalue weighted by Gasteiger charge is 2.38. The number of halogens is 3. The van der Waals surface area contributed by atoms with E-state index in [2.05, 4.69) is 0 Å². The largest absolute Gasteiger partial charge is 0.394 e. The number of nitrogens with two attached hydrogens (primary N) is 1. The average Bonchev–Trinajstić information content (AvgIpc) is 2.54. The van der Waals surface area contributed by atoms with Crippen LogP contribution in [0.1, 0.15) is 6.92 Å². The molecule has 1 unspecified atom stereocenters. The van der Waals surface area contributed by atoms with Crippen molar-refractivity contribution < 1.29 is 13.2 Å². The first-order valence-corrected chi connectivity index (χ1v) is 4.92. The van der Waals surface area contributed by atoms with Crippen molar-refractivity contribution in [2.45, 2.75) is 26.2 Å². The Morgan fingerprint density at radius 2 is 1.94 bits per heavy atom. The van der Waals surface area contributed by atoms with Crippen molar-refractivity contribution in [3.8, 4) is 0 Å². The van der Waals surface area contributed by atoms with Crippen LogP contribution in [0.2, 0.25) is 0 Å². The molecule has 0 aliphatic heterocycles. The molecule has 0 saturated carbocycles. The first-order chi connectivity index (χ1) is 7.40. The summed E-state index contributed by atoms with van der Waals surface area (Å²) < 4.78 is 39.6. The van der Waals surface area contributed by atoms with E-state index in [1.165, 1.54) is 17.0 Å². The van der Waals surface area contributed by atoms with Gasteiger partial charge in [0.2, 0.25) is 0 Å². The van der Waals surface area contributed by atoms with Crippen LogP contribution in [0.4, 0.5) is 13.2 Å². The van der Waals surface area contributed by atoms with E-state index < -0.39 is 30.9 Å². The van der Waals surface area contributed by atoms with Gasteiger partial charge < -0.3 is 5.73 Å². The third-order valence-electron chi connectivity index (χ3n) is 2.42. The Labute approximate surface area is 90.5 Å². The van der Waals surface area contributed by atoms with Crippen molar-refractivity contribution in [2.24, 2.45) is 11.7 Å². The van der Waals surface area contributed by atoms with E-state index >= 15 is 0 Å². The maximum Gasteiger partial charge on any atom is 0.394 e. The normalized spacial score (nSPS) is 14.1. The van der Waals surface area contributed by atoms with Crippen LogP contribution >= 0.6 is 0 Å². The summed E-state index contributed by atoms with van der Waals surface area (Å²) in [5.41, 5.74) is 4.61. The lowest BCUT2D eigenvalue weighted by molar-refractivity contribution is -0.175. The standard InChI is InChI=1S/C9H14F3N3O/c1-2-14-3-4-15(8(14)16)6-7(5-13)9(10,11)12/h3-4,7H,2,5-6,13H2,1H3. The molecule has 0 amide bonds. The SMILES string of the molecule is CCn1ccn(CC(CN)C(F)(F)F)c1=O. The van der Waals surface area contributed by atoms with E-state index in [9.17, 15) is 18.0 Å². The third-order valence-corrected chi connectivity index (χ3v) is 2.42. The molecular formula is C9H14F3N3O. The Hall–Kier alpha value is -1.24. The van der Waals surface area contributed by atoms with Gasteiger partial charge in [-0.25, -0.2) is 4.79 Å². The molecule has 0 aliphatic carbocycles. The van der Waals surface area contributed by atoms with E-state index in [4.69, 9.17) is 5.73 Å². The van der Waals surface area contributed by atoms with Gasteiger partial charge in [0.15, 0.2) is 0 Å². The molecule has 1 rings (SSSR count). The summed E-state index contributed by atoms with van der Waals surface area (Å²) in [6, 6.07) is 0. The van der Waals surface area contributed by atoms with Gasteiger partial charge in [-0.3, -0.25) is 9.13 Å². The Balaban J connectivity index is 2.87.